The molecule has 0 bridgehead atoms. The van der Waals surface area contributed by atoms with Crippen LogP contribution >= 0.6 is 11.6 Å². The quantitative estimate of drug-likeness (QED) is 0.802. The third-order valence-electron chi connectivity index (χ3n) is 5.41. The molecule has 6 heteroatoms. The predicted octanol–water partition coefficient (Wildman–Crippen LogP) is 4.51. The number of para-hydroxylation sites is 1. The predicted molar refractivity (Wildman–Crippen MR) is 119 cm³/mol. The van der Waals surface area contributed by atoms with Gasteiger partial charge >= 0.3 is 0 Å². The number of halogens is 1. The van der Waals surface area contributed by atoms with Crippen molar-refractivity contribution >= 4 is 34.8 Å². The fourth-order valence-corrected chi connectivity index (χ4v) is 3.82. The number of benzene rings is 2. The zero-order valence-corrected chi connectivity index (χ0v) is 18.2. The summed E-state index contributed by atoms with van der Waals surface area (Å²) in [5.74, 6) is 0.00647. The van der Waals surface area contributed by atoms with E-state index in [0.717, 1.165) is 16.8 Å². The van der Waals surface area contributed by atoms with Gasteiger partial charge in [0.05, 0.1) is 16.4 Å². The van der Waals surface area contributed by atoms with Crippen LogP contribution in [0.1, 0.15) is 35.3 Å². The van der Waals surface area contributed by atoms with E-state index in [-0.39, 0.29) is 17.7 Å². The molecule has 1 aliphatic rings. The first-order valence-corrected chi connectivity index (χ1v) is 10.4. The summed E-state index contributed by atoms with van der Waals surface area (Å²) in [6.07, 6.45) is 0. The van der Waals surface area contributed by atoms with Crippen LogP contribution < -0.4 is 10.2 Å². The minimum Gasteiger partial charge on any atom is -0.365 e. The fraction of sp³-hybridized carbons (Fsp3) is 0.391. The molecule has 0 unspecified atom stereocenters. The Balaban J connectivity index is 1.78. The Hall–Kier alpha value is -2.53. The van der Waals surface area contributed by atoms with Gasteiger partial charge in [-0.05, 0) is 49.2 Å². The first-order chi connectivity index (χ1) is 13.8. The van der Waals surface area contributed by atoms with E-state index >= 15 is 0 Å². The molecule has 1 fully saturated rings. The molecule has 0 radical (unpaired) electrons. The maximum atomic E-state index is 12.8. The second-order valence-electron chi connectivity index (χ2n) is 7.86. The van der Waals surface area contributed by atoms with Gasteiger partial charge in [0, 0.05) is 37.7 Å². The van der Waals surface area contributed by atoms with E-state index in [0.29, 0.717) is 42.5 Å². The van der Waals surface area contributed by atoms with Crippen molar-refractivity contribution in [2.24, 2.45) is 5.92 Å². The number of piperazine rings is 1. The van der Waals surface area contributed by atoms with Crippen LogP contribution in [0.3, 0.4) is 0 Å². The van der Waals surface area contributed by atoms with Gasteiger partial charge in [-0.15, -0.1) is 0 Å². The van der Waals surface area contributed by atoms with Crippen LogP contribution in [0.25, 0.3) is 0 Å². The Morgan fingerprint density at radius 3 is 2.31 bits per heavy atom. The Morgan fingerprint density at radius 2 is 1.69 bits per heavy atom. The van der Waals surface area contributed by atoms with E-state index in [2.05, 4.69) is 10.2 Å². The summed E-state index contributed by atoms with van der Waals surface area (Å²) in [5, 5.41) is 3.61. The summed E-state index contributed by atoms with van der Waals surface area (Å²) < 4.78 is 0. The van der Waals surface area contributed by atoms with Gasteiger partial charge in [0.1, 0.15) is 0 Å². The molecule has 29 heavy (non-hydrogen) atoms. The SMILES string of the molecule is Cc1ccc(C(=O)Nc2cccc(Cl)c2N2CCN(C(=O)C(C)C)CC2)cc1C. The molecule has 5 nitrogen and oxygen atoms in total. The number of nitrogens with zero attached hydrogens (tertiary/aromatic N) is 2. The summed E-state index contributed by atoms with van der Waals surface area (Å²) in [7, 11) is 0. The Bertz CT molecular complexity index is 918. The average Bonchev–Trinajstić information content (AvgIpc) is 2.69. The number of rotatable bonds is 4. The van der Waals surface area contributed by atoms with E-state index in [9.17, 15) is 9.59 Å². The number of aryl methyl sites for hydroxylation is 2. The van der Waals surface area contributed by atoms with E-state index in [1.807, 2.05) is 69.0 Å². The highest BCUT2D eigenvalue weighted by molar-refractivity contribution is 6.34. The van der Waals surface area contributed by atoms with Crippen LogP contribution in [0.4, 0.5) is 11.4 Å². The third kappa shape index (κ3) is 4.73. The lowest BCUT2D eigenvalue weighted by atomic mass is 10.1. The average molecular weight is 414 g/mol. The third-order valence-corrected chi connectivity index (χ3v) is 5.71. The number of amides is 2. The second kappa shape index (κ2) is 8.87. The Labute approximate surface area is 177 Å². The van der Waals surface area contributed by atoms with Crippen molar-refractivity contribution in [1.29, 1.82) is 0 Å². The van der Waals surface area contributed by atoms with Gasteiger partial charge < -0.3 is 15.1 Å². The van der Waals surface area contributed by atoms with Crippen molar-refractivity contribution in [2.75, 3.05) is 36.4 Å². The number of carbonyl (C=O) groups excluding carboxylic acids is 2. The Morgan fingerprint density at radius 1 is 1.00 bits per heavy atom. The first kappa shape index (κ1) is 21.2. The molecule has 1 aliphatic heterocycles. The van der Waals surface area contributed by atoms with Crippen LogP contribution in [-0.2, 0) is 4.79 Å². The van der Waals surface area contributed by atoms with E-state index in [4.69, 9.17) is 11.6 Å². The molecular formula is C23H28ClN3O2. The lowest BCUT2D eigenvalue weighted by Gasteiger charge is -2.38. The van der Waals surface area contributed by atoms with Gasteiger partial charge in [-0.1, -0.05) is 37.6 Å². The van der Waals surface area contributed by atoms with Crippen LogP contribution in [0, 0.1) is 19.8 Å². The lowest BCUT2D eigenvalue weighted by Crippen LogP contribution is -2.50. The number of hydrogen-bond donors (Lipinski definition) is 1. The molecule has 0 saturated carbocycles. The maximum Gasteiger partial charge on any atom is 0.255 e. The molecule has 2 amide bonds. The molecule has 2 aromatic rings. The summed E-state index contributed by atoms with van der Waals surface area (Å²) in [4.78, 5) is 29.1. The molecular weight excluding hydrogens is 386 g/mol. The number of hydrogen-bond acceptors (Lipinski definition) is 3. The van der Waals surface area contributed by atoms with E-state index < -0.39 is 0 Å². The van der Waals surface area contributed by atoms with E-state index in [1.165, 1.54) is 0 Å². The summed E-state index contributed by atoms with van der Waals surface area (Å²) in [6, 6.07) is 11.2. The molecule has 154 valence electrons. The van der Waals surface area contributed by atoms with Gasteiger partial charge in [-0.25, -0.2) is 0 Å². The standard InChI is InChI=1S/C23H28ClN3O2/c1-15(2)23(29)27-12-10-26(11-13-27)21-19(24)6-5-7-20(21)25-22(28)18-9-8-16(3)17(4)14-18/h5-9,14-15H,10-13H2,1-4H3,(H,25,28). The number of anilines is 2. The van der Waals surface area contributed by atoms with Crippen LogP contribution in [0.15, 0.2) is 36.4 Å². The van der Waals surface area contributed by atoms with E-state index in [1.54, 1.807) is 0 Å². The zero-order chi connectivity index (χ0) is 21.1. The first-order valence-electron chi connectivity index (χ1n) is 9.98. The largest absolute Gasteiger partial charge is 0.365 e. The second-order valence-corrected chi connectivity index (χ2v) is 8.26. The van der Waals surface area contributed by atoms with Gasteiger partial charge in [0.2, 0.25) is 5.91 Å². The fourth-order valence-electron chi connectivity index (χ4n) is 3.53. The van der Waals surface area contributed by atoms with Crippen molar-refractivity contribution in [1.82, 2.24) is 4.90 Å². The molecule has 0 atom stereocenters. The molecule has 1 N–H and O–H groups in total. The van der Waals surface area contributed by atoms with Crippen LogP contribution in [-0.4, -0.2) is 42.9 Å². The number of nitrogens with one attached hydrogen (secondary N) is 1. The van der Waals surface area contributed by atoms with Crippen molar-refractivity contribution in [2.45, 2.75) is 27.7 Å². The molecule has 1 heterocycles. The van der Waals surface area contributed by atoms with Crippen LogP contribution in [0.5, 0.6) is 0 Å². The summed E-state index contributed by atoms with van der Waals surface area (Å²) in [5.41, 5.74) is 4.34. The van der Waals surface area contributed by atoms with Crippen molar-refractivity contribution in [3.8, 4) is 0 Å². The minimum absolute atomic E-state index is 0.00493. The van der Waals surface area contributed by atoms with Crippen molar-refractivity contribution < 1.29 is 9.59 Å². The molecule has 0 spiro atoms. The topological polar surface area (TPSA) is 52.7 Å². The van der Waals surface area contributed by atoms with Gasteiger partial charge in [0.15, 0.2) is 0 Å². The monoisotopic (exact) mass is 413 g/mol. The molecule has 0 aromatic heterocycles. The highest BCUT2D eigenvalue weighted by Crippen LogP contribution is 2.35. The summed E-state index contributed by atoms with van der Waals surface area (Å²) >= 11 is 6.51. The molecule has 3 rings (SSSR count). The highest BCUT2D eigenvalue weighted by atomic mass is 35.5. The van der Waals surface area contributed by atoms with Gasteiger partial charge in [0.25, 0.3) is 5.91 Å². The molecule has 1 saturated heterocycles. The van der Waals surface area contributed by atoms with Gasteiger partial charge in [-0.3, -0.25) is 9.59 Å². The van der Waals surface area contributed by atoms with Gasteiger partial charge in [-0.2, -0.15) is 0 Å². The smallest absolute Gasteiger partial charge is 0.255 e. The normalized spacial score (nSPS) is 14.3. The minimum atomic E-state index is -0.162. The summed E-state index contributed by atoms with van der Waals surface area (Å²) in [6.45, 7) is 10.5. The number of carbonyl (C=O) groups is 2. The van der Waals surface area contributed by atoms with Crippen LogP contribution in [0.2, 0.25) is 5.02 Å². The van der Waals surface area contributed by atoms with Crippen molar-refractivity contribution in [3.63, 3.8) is 0 Å². The highest BCUT2D eigenvalue weighted by Gasteiger charge is 2.25. The zero-order valence-electron chi connectivity index (χ0n) is 17.5. The Kier molecular flexibility index (Phi) is 6.48. The van der Waals surface area contributed by atoms with Crippen molar-refractivity contribution in [3.05, 3.63) is 58.1 Å². The molecule has 2 aromatic carbocycles. The molecule has 0 aliphatic carbocycles. The lowest BCUT2D eigenvalue weighted by molar-refractivity contribution is -0.134. The maximum absolute atomic E-state index is 12.8.